The van der Waals surface area contributed by atoms with E-state index in [1.165, 1.54) is 12.0 Å². The highest BCUT2D eigenvalue weighted by atomic mass is 16.5. The molecule has 0 aliphatic heterocycles. The molecule has 1 aliphatic rings. The van der Waals surface area contributed by atoms with Crippen LogP contribution in [0.5, 0.6) is 0 Å². The number of hydrogen-bond donors (Lipinski definition) is 1. The van der Waals surface area contributed by atoms with E-state index in [0.29, 0.717) is 12.0 Å². The molecule has 0 saturated heterocycles. The monoisotopic (exact) mass is 328 g/mol. The van der Waals surface area contributed by atoms with E-state index >= 15 is 0 Å². The summed E-state index contributed by atoms with van der Waals surface area (Å²) in [6.45, 7) is 6.41. The number of nitrogens with one attached hydrogen (secondary N) is 1. The van der Waals surface area contributed by atoms with E-state index in [-0.39, 0.29) is 5.41 Å². The summed E-state index contributed by atoms with van der Waals surface area (Å²) < 4.78 is 5.43. The largest absolute Gasteiger partial charge is 0.360 e. The lowest BCUT2D eigenvalue weighted by molar-refractivity contribution is 0.0125. The Bertz CT molecular complexity index is 650. The quantitative estimate of drug-likeness (QED) is 0.847. The third kappa shape index (κ3) is 3.84. The Morgan fingerprint density at radius 3 is 2.71 bits per heavy atom. The van der Waals surface area contributed by atoms with Crippen LogP contribution in [0.3, 0.4) is 0 Å². The topological polar surface area (TPSA) is 54.2 Å². The SMILES string of the molecule is CN(C)Cc1cc(CC2CC(NCc3ccncc3)C2(C)C)no1. The Hall–Kier alpha value is -1.72. The van der Waals surface area contributed by atoms with Gasteiger partial charge in [0, 0.05) is 31.0 Å². The van der Waals surface area contributed by atoms with Crippen molar-refractivity contribution in [3.8, 4) is 0 Å². The van der Waals surface area contributed by atoms with Crippen LogP contribution in [0.2, 0.25) is 0 Å². The Balaban J connectivity index is 1.51. The minimum absolute atomic E-state index is 0.272. The highest BCUT2D eigenvalue weighted by molar-refractivity contribution is 5.13. The first-order valence-electron chi connectivity index (χ1n) is 8.66. The fourth-order valence-electron chi connectivity index (χ4n) is 3.54. The van der Waals surface area contributed by atoms with E-state index in [2.05, 4.69) is 52.4 Å². The smallest absolute Gasteiger partial charge is 0.150 e. The molecule has 2 aromatic rings. The minimum Gasteiger partial charge on any atom is -0.360 e. The Morgan fingerprint density at radius 2 is 2.04 bits per heavy atom. The van der Waals surface area contributed by atoms with Gasteiger partial charge in [0.15, 0.2) is 5.76 Å². The van der Waals surface area contributed by atoms with Crippen molar-refractivity contribution >= 4 is 0 Å². The van der Waals surface area contributed by atoms with E-state index in [1.807, 2.05) is 26.5 Å². The third-order valence-electron chi connectivity index (χ3n) is 5.31. The lowest BCUT2D eigenvalue weighted by Gasteiger charge is -2.52. The Kier molecular flexibility index (Phi) is 5.01. The molecule has 1 N–H and O–H groups in total. The average Bonchev–Trinajstić information content (AvgIpc) is 2.97. The Labute approximate surface area is 144 Å². The molecule has 1 aliphatic carbocycles. The number of rotatable bonds is 7. The van der Waals surface area contributed by atoms with Crippen molar-refractivity contribution in [2.45, 2.75) is 45.8 Å². The maximum atomic E-state index is 5.43. The van der Waals surface area contributed by atoms with E-state index in [9.17, 15) is 0 Å². The molecule has 0 amide bonds. The standard InChI is InChI=1S/C19H28N4O/c1-19(2)15(9-16-11-17(24-22-16)13-23(3)4)10-18(19)21-12-14-5-7-20-8-6-14/h5-8,11,15,18,21H,9-10,12-13H2,1-4H3. The van der Waals surface area contributed by atoms with E-state index < -0.39 is 0 Å². The minimum atomic E-state index is 0.272. The predicted molar refractivity (Wildman–Crippen MR) is 94.4 cm³/mol. The van der Waals surface area contributed by atoms with Crippen molar-refractivity contribution in [2.24, 2.45) is 11.3 Å². The Morgan fingerprint density at radius 1 is 1.29 bits per heavy atom. The summed E-state index contributed by atoms with van der Waals surface area (Å²) in [6, 6.07) is 6.78. The van der Waals surface area contributed by atoms with Gasteiger partial charge in [-0.25, -0.2) is 0 Å². The van der Waals surface area contributed by atoms with Crippen molar-refractivity contribution in [2.75, 3.05) is 14.1 Å². The summed E-state index contributed by atoms with van der Waals surface area (Å²) in [5.74, 6) is 1.59. The molecule has 5 nitrogen and oxygen atoms in total. The van der Waals surface area contributed by atoms with Gasteiger partial charge in [-0.2, -0.15) is 0 Å². The van der Waals surface area contributed by atoms with Crippen molar-refractivity contribution in [1.29, 1.82) is 0 Å². The highest BCUT2D eigenvalue weighted by Gasteiger charge is 2.47. The maximum Gasteiger partial charge on any atom is 0.150 e. The molecule has 1 fully saturated rings. The molecular formula is C19H28N4O. The van der Waals surface area contributed by atoms with Crippen molar-refractivity contribution in [3.63, 3.8) is 0 Å². The summed E-state index contributed by atoms with van der Waals surface area (Å²) in [4.78, 5) is 6.16. The molecule has 3 rings (SSSR count). The van der Waals surface area contributed by atoms with Gasteiger partial charge in [-0.1, -0.05) is 19.0 Å². The fraction of sp³-hybridized carbons (Fsp3) is 0.579. The number of pyridine rings is 1. The van der Waals surface area contributed by atoms with Crippen molar-refractivity contribution in [3.05, 3.63) is 47.6 Å². The van der Waals surface area contributed by atoms with Crippen LogP contribution in [0.1, 0.15) is 37.3 Å². The zero-order valence-corrected chi connectivity index (χ0v) is 15.1. The second-order valence-corrected chi connectivity index (χ2v) is 7.77. The van der Waals surface area contributed by atoms with Crippen molar-refractivity contribution < 1.29 is 4.52 Å². The molecular weight excluding hydrogens is 300 g/mol. The van der Waals surface area contributed by atoms with Crippen LogP contribution in [0, 0.1) is 11.3 Å². The first-order chi connectivity index (χ1) is 11.4. The molecule has 0 spiro atoms. The summed E-state index contributed by atoms with van der Waals surface area (Å²) in [5.41, 5.74) is 2.64. The lowest BCUT2D eigenvalue weighted by atomic mass is 9.57. The summed E-state index contributed by atoms with van der Waals surface area (Å²) in [7, 11) is 4.08. The normalized spacial score (nSPS) is 22.5. The summed E-state index contributed by atoms with van der Waals surface area (Å²) in [5, 5.41) is 7.94. The van der Waals surface area contributed by atoms with Gasteiger partial charge in [-0.3, -0.25) is 4.98 Å². The number of nitrogens with zero attached hydrogens (tertiary/aromatic N) is 3. The molecule has 5 heteroatoms. The molecule has 0 radical (unpaired) electrons. The van der Waals surface area contributed by atoms with E-state index in [4.69, 9.17) is 4.52 Å². The third-order valence-corrected chi connectivity index (χ3v) is 5.31. The van der Waals surface area contributed by atoms with Gasteiger partial charge >= 0.3 is 0 Å². The lowest BCUT2D eigenvalue weighted by Crippen LogP contribution is -2.57. The van der Waals surface area contributed by atoms with Gasteiger partial charge in [-0.05, 0) is 56.0 Å². The van der Waals surface area contributed by atoms with Gasteiger partial charge in [0.05, 0.1) is 12.2 Å². The number of hydrogen-bond acceptors (Lipinski definition) is 5. The second-order valence-electron chi connectivity index (χ2n) is 7.77. The molecule has 2 heterocycles. The first kappa shape index (κ1) is 17.1. The van der Waals surface area contributed by atoms with E-state index in [0.717, 1.165) is 31.0 Å². The van der Waals surface area contributed by atoms with Crippen LogP contribution in [0.25, 0.3) is 0 Å². The van der Waals surface area contributed by atoms with E-state index in [1.54, 1.807) is 0 Å². The van der Waals surface area contributed by atoms with Crippen LogP contribution < -0.4 is 5.32 Å². The zero-order valence-electron chi connectivity index (χ0n) is 15.1. The average molecular weight is 328 g/mol. The molecule has 0 aromatic carbocycles. The van der Waals surface area contributed by atoms with Crippen molar-refractivity contribution in [1.82, 2.24) is 20.4 Å². The molecule has 0 bridgehead atoms. The first-order valence-corrected chi connectivity index (χ1v) is 8.66. The molecule has 2 atom stereocenters. The highest BCUT2D eigenvalue weighted by Crippen LogP contribution is 2.47. The van der Waals surface area contributed by atoms with Crippen LogP contribution in [0.4, 0.5) is 0 Å². The molecule has 1 saturated carbocycles. The van der Waals surface area contributed by atoms with Gasteiger partial charge in [-0.15, -0.1) is 0 Å². The molecule has 24 heavy (non-hydrogen) atoms. The molecule has 130 valence electrons. The fourth-order valence-corrected chi connectivity index (χ4v) is 3.54. The molecule has 2 unspecified atom stereocenters. The second kappa shape index (κ2) is 7.03. The molecule has 2 aromatic heterocycles. The van der Waals surface area contributed by atoms with Crippen LogP contribution in [-0.4, -0.2) is 35.2 Å². The van der Waals surface area contributed by atoms with Gasteiger partial charge in [0.25, 0.3) is 0 Å². The van der Waals surface area contributed by atoms with Crippen LogP contribution >= 0.6 is 0 Å². The van der Waals surface area contributed by atoms with Crippen LogP contribution in [-0.2, 0) is 19.5 Å². The number of aromatic nitrogens is 2. The van der Waals surface area contributed by atoms with Gasteiger partial charge in [0.1, 0.15) is 0 Å². The summed E-state index contributed by atoms with van der Waals surface area (Å²) in [6.07, 6.45) is 5.88. The maximum absolute atomic E-state index is 5.43. The zero-order chi connectivity index (χ0) is 17.2. The van der Waals surface area contributed by atoms with Gasteiger partial charge in [0.2, 0.25) is 0 Å². The van der Waals surface area contributed by atoms with Crippen LogP contribution in [0.15, 0.2) is 35.1 Å². The predicted octanol–water partition coefficient (Wildman–Crippen LogP) is 2.88. The summed E-state index contributed by atoms with van der Waals surface area (Å²) >= 11 is 0. The van der Waals surface area contributed by atoms with Gasteiger partial charge < -0.3 is 14.7 Å².